The second-order valence-corrected chi connectivity index (χ2v) is 5.42. The van der Waals surface area contributed by atoms with Crippen LogP contribution in [0, 0.1) is 13.8 Å². The summed E-state index contributed by atoms with van der Waals surface area (Å²) in [6.45, 7) is 5.10. The normalized spacial score (nSPS) is 10.3. The number of thiophene rings is 1. The lowest BCUT2D eigenvalue weighted by molar-refractivity contribution is 0.415. The number of benzene rings is 1. The molecule has 2 aromatic rings. The van der Waals surface area contributed by atoms with Crippen LogP contribution >= 0.6 is 11.3 Å². The molecule has 3 heteroatoms. The Labute approximate surface area is 106 Å². The third kappa shape index (κ3) is 3.01. The van der Waals surface area contributed by atoms with Crippen LogP contribution in [0.3, 0.4) is 0 Å². The van der Waals surface area contributed by atoms with E-state index in [0.29, 0.717) is 0 Å². The second kappa shape index (κ2) is 5.23. The fraction of sp³-hybridized carbons (Fsp3) is 0.286. The molecule has 0 amide bonds. The van der Waals surface area contributed by atoms with Crippen LogP contribution in [0.4, 0.5) is 5.69 Å². The van der Waals surface area contributed by atoms with E-state index < -0.39 is 0 Å². The van der Waals surface area contributed by atoms with Crippen molar-refractivity contribution in [3.8, 4) is 5.75 Å². The molecule has 1 aromatic carbocycles. The molecule has 1 aromatic heterocycles. The molecule has 17 heavy (non-hydrogen) atoms. The standard InChI is InChI=1S/C14H17NOS/c1-10-4-6-12(16-3)8-14(10)15-9-13-7-5-11(2)17-13/h4-8,15H,9H2,1-3H3. The van der Waals surface area contributed by atoms with Gasteiger partial charge in [-0.1, -0.05) is 6.07 Å². The summed E-state index contributed by atoms with van der Waals surface area (Å²) in [5, 5.41) is 3.45. The van der Waals surface area contributed by atoms with Crippen LogP contribution in [0.25, 0.3) is 0 Å². The third-order valence-electron chi connectivity index (χ3n) is 2.69. The number of hydrogen-bond acceptors (Lipinski definition) is 3. The number of ether oxygens (including phenoxy) is 1. The van der Waals surface area contributed by atoms with Gasteiger partial charge in [0.2, 0.25) is 0 Å². The minimum Gasteiger partial charge on any atom is -0.497 e. The van der Waals surface area contributed by atoms with Crippen molar-refractivity contribution >= 4 is 17.0 Å². The lowest BCUT2D eigenvalue weighted by Crippen LogP contribution is -1.99. The first kappa shape index (κ1) is 12.0. The average molecular weight is 247 g/mol. The molecule has 2 rings (SSSR count). The number of rotatable bonds is 4. The van der Waals surface area contributed by atoms with Crippen molar-refractivity contribution in [2.24, 2.45) is 0 Å². The van der Waals surface area contributed by atoms with E-state index in [1.54, 1.807) is 7.11 Å². The summed E-state index contributed by atoms with van der Waals surface area (Å²) in [4.78, 5) is 2.70. The lowest BCUT2D eigenvalue weighted by atomic mass is 10.2. The summed E-state index contributed by atoms with van der Waals surface area (Å²) >= 11 is 1.83. The van der Waals surface area contributed by atoms with Gasteiger partial charge in [-0.15, -0.1) is 11.3 Å². The minimum absolute atomic E-state index is 0.868. The van der Waals surface area contributed by atoms with Crippen LogP contribution in [-0.4, -0.2) is 7.11 Å². The van der Waals surface area contributed by atoms with E-state index in [4.69, 9.17) is 4.74 Å². The first-order valence-corrected chi connectivity index (χ1v) is 6.44. The highest BCUT2D eigenvalue weighted by Crippen LogP contribution is 2.23. The van der Waals surface area contributed by atoms with Crippen LogP contribution in [0.15, 0.2) is 30.3 Å². The van der Waals surface area contributed by atoms with Crippen molar-refractivity contribution in [2.45, 2.75) is 20.4 Å². The van der Waals surface area contributed by atoms with Gasteiger partial charge in [0.05, 0.1) is 7.11 Å². The Balaban J connectivity index is 2.07. The molecular weight excluding hydrogens is 230 g/mol. The lowest BCUT2D eigenvalue weighted by Gasteiger charge is -2.10. The van der Waals surface area contributed by atoms with E-state index in [-0.39, 0.29) is 0 Å². The Bertz CT molecular complexity index is 505. The van der Waals surface area contributed by atoms with Crippen molar-refractivity contribution < 1.29 is 4.74 Å². The first-order chi connectivity index (χ1) is 8.19. The predicted molar refractivity (Wildman–Crippen MR) is 74.1 cm³/mol. The van der Waals surface area contributed by atoms with Crippen LogP contribution in [0.5, 0.6) is 5.75 Å². The number of aryl methyl sites for hydroxylation is 2. The smallest absolute Gasteiger partial charge is 0.120 e. The topological polar surface area (TPSA) is 21.3 Å². The first-order valence-electron chi connectivity index (χ1n) is 5.63. The highest BCUT2D eigenvalue weighted by molar-refractivity contribution is 7.11. The second-order valence-electron chi connectivity index (χ2n) is 4.05. The molecule has 0 unspecified atom stereocenters. The van der Waals surface area contributed by atoms with Gasteiger partial charge in [0, 0.05) is 28.1 Å². The minimum atomic E-state index is 0.868. The summed E-state index contributed by atoms with van der Waals surface area (Å²) in [5.74, 6) is 0.889. The molecule has 0 aliphatic heterocycles. The van der Waals surface area contributed by atoms with Gasteiger partial charge in [0.1, 0.15) is 5.75 Å². The van der Waals surface area contributed by atoms with E-state index in [1.165, 1.54) is 15.3 Å². The van der Waals surface area contributed by atoms with Gasteiger partial charge in [0.25, 0.3) is 0 Å². The summed E-state index contributed by atoms with van der Waals surface area (Å²) in [5.41, 5.74) is 2.37. The zero-order chi connectivity index (χ0) is 12.3. The van der Waals surface area contributed by atoms with Gasteiger partial charge in [0.15, 0.2) is 0 Å². The SMILES string of the molecule is COc1ccc(C)c(NCc2ccc(C)s2)c1. The van der Waals surface area contributed by atoms with Crippen LogP contribution < -0.4 is 10.1 Å². The predicted octanol–water partition coefficient (Wildman–Crippen LogP) is 3.99. The fourth-order valence-electron chi connectivity index (χ4n) is 1.68. The Morgan fingerprint density at radius 3 is 2.65 bits per heavy atom. The molecule has 2 nitrogen and oxygen atoms in total. The van der Waals surface area contributed by atoms with E-state index in [0.717, 1.165) is 18.0 Å². The van der Waals surface area contributed by atoms with Gasteiger partial charge in [-0.05, 0) is 37.6 Å². The summed E-state index contributed by atoms with van der Waals surface area (Å²) in [6.07, 6.45) is 0. The summed E-state index contributed by atoms with van der Waals surface area (Å²) in [7, 11) is 1.69. The van der Waals surface area contributed by atoms with E-state index in [2.05, 4.69) is 37.4 Å². The van der Waals surface area contributed by atoms with Crippen molar-refractivity contribution in [3.63, 3.8) is 0 Å². The highest BCUT2D eigenvalue weighted by Gasteiger charge is 2.01. The highest BCUT2D eigenvalue weighted by atomic mass is 32.1. The molecule has 0 radical (unpaired) electrons. The van der Waals surface area contributed by atoms with Crippen LogP contribution in [-0.2, 0) is 6.54 Å². The zero-order valence-corrected chi connectivity index (χ0v) is 11.2. The van der Waals surface area contributed by atoms with Gasteiger partial charge in [-0.3, -0.25) is 0 Å². The van der Waals surface area contributed by atoms with Gasteiger partial charge in [-0.2, -0.15) is 0 Å². The Hall–Kier alpha value is -1.48. The number of anilines is 1. The Kier molecular flexibility index (Phi) is 3.69. The van der Waals surface area contributed by atoms with E-state index in [9.17, 15) is 0 Å². The maximum absolute atomic E-state index is 5.23. The number of hydrogen-bond donors (Lipinski definition) is 1. The molecule has 90 valence electrons. The number of nitrogens with one attached hydrogen (secondary N) is 1. The maximum atomic E-state index is 5.23. The van der Waals surface area contributed by atoms with Gasteiger partial charge in [-0.25, -0.2) is 0 Å². The Morgan fingerprint density at radius 2 is 2.00 bits per heavy atom. The molecular formula is C14H17NOS. The molecule has 0 fully saturated rings. The van der Waals surface area contributed by atoms with Crippen molar-refractivity contribution in [1.82, 2.24) is 0 Å². The molecule has 0 saturated carbocycles. The molecule has 1 N–H and O–H groups in total. The van der Waals surface area contributed by atoms with Crippen molar-refractivity contribution in [1.29, 1.82) is 0 Å². The quantitative estimate of drug-likeness (QED) is 0.882. The van der Waals surface area contributed by atoms with Gasteiger partial charge < -0.3 is 10.1 Å². The largest absolute Gasteiger partial charge is 0.497 e. The van der Waals surface area contributed by atoms with Gasteiger partial charge >= 0.3 is 0 Å². The van der Waals surface area contributed by atoms with E-state index >= 15 is 0 Å². The molecule has 0 bridgehead atoms. The molecule has 0 spiro atoms. The third-order valence-corrected chi connectivity index (χ3v) is 3.69. The van der Waals surface area contributed by atoms with Crippen molar-refractivity contribution in [3.05, 3.63) is 45.6 Å². The molecule has 0 atom stereocenters. The fourth-order valence-corrected chi connectivity index (χ4v) is 2.51. The monoisotopic (exact) mass is 247 g/mol. The van der Waals surface area contributed by atoms with Crippen LogP contribution in [0.2, 0.25) is 0 Å². The van der Waals surface area contributed by atoms with E-state index in [1.807, 2.05) is 23.5 Å². The average Bonchev–Trinajstić information content (AvgIpc) is 2.74. The number of methoxy groups -OCH3 is 1. The maximum Gasteiger partial charge on any atom is 0.120 e. The Morgan fingerprint density at radius 1 is 1.18 bits per heavy atom. The molecule has 0 saturated heterocycles. The summed E-state index contributed by atoms with van der Waals surface area (Å²) in [6, 6.07) is 10.4. The molecule has 1 heterocycles. The molecule has 0 aliphatic rings. The van der Waals surface area contributed by atoms with Crippen molar-refractivity contribution in [2.75, 3.05) is 12.4 Å². The summed E-state index contributed by atoms with van der Waals surface area (Å²) < 4.78 is 5.23. The molecule has 0 aliphatic carbocycles. The van der Waals surface area contributed by atoms with Crippen LogP contribution in [0.1, 0.15) is 15.3 Å². The zero-order valence-electron chi connectivity index (χ0n) is 10.4.